The Morgan fingerprint density at radius 2 is 2.25 bits per heavy atom. The number of anilines is 1. The number of aryl methyl sites for hydroxylation is 1. The lowest BCUT2D eigenvalue weighted by atomic mass is 9.99. The summed E-state index contributed by atoms with van der Waals surface area (Å²) in [5.74, 6) is 0.379. The van der Waals surface area contributed by atoms with Crippen LogP contribution in [0.4, 0.5) is 5.69 Å². The number of phenolic OH excluding ortho intramolecular Hbond substituents is 1. The molecule has 0 bridgehead atoms. The minimum absolute atomic E-state index is 0.379. The number of aromatic hydroxyl groups is 1. The van der Waals surface area contributed by atoms with Crippen molar-refractivity contribution in [3.63, 3.8) is 0 Å². The first-order valence-electron chi connectivity index (χ1n) is 4.30. The van der Waals surface area contributed by atoms with Crippen LogP contribution in [0, 0.1) is 0 Å². The molecule has 0 aliphatic carbocycles. The zero-order valence-electron chi connectivity index (χ0n) is 7.25. The Hall–Kier alpha value is -1.12. The average Bonchev–Trinajstić information content (AvgIpc) is 2.04. The molecule has 0 atom stereocenters. The smallest absolute Gasteiger partial charge is 0.217 e. The SMILES string of the molecule is BN1CCCc2cc(O)ccc21. The van der Waals surface area contributed by atoms with Gasteiger partial charge in [-0.2, -0.15) is 0 Å². The van der Waals surface area contributed by atoms with Crippen LogP contribution >= 0.6 is 0 Å². The molecule has 1 aliphatic heterocycles. The van der Waals surface area contributed by atoms with Crippen molar-refractivity contribution in [2.45, 2.75) is 12.8 Å². The van der Waals surface area contributed by atoms with Crippen LogP contribution in [0.2, 0.25) is 0 Å². The van der Waals surface area contributed by atoms with E-state index < -0.39 is 0 Å². The molecule has 2 rings (SSSR count). The van der Waals surface area contributed by atoms with Crippen LogP contribution < -0.4 is 4.81 Å². The van der Waals surface area contributed by atoms with Gasteiger partial charge in [0.15, 0.2) is 0 Å². The molecule has 1 aromatic carbocycles. The molecule has 0 saturated heterocycles. The van der Waals surface area contributed by atoms with Gasteiger partial charge >= 0.3 is 0 Å². The summed E-state index contributed by atoms with van der Waals surface area (Å²) in [7, 11) is 2.09. The number of phenols is 1. The number of hydrogen-bond donors (Lipinski definition) is 1. The summed E-state index contributed by atoms with van der Waals surface area (Å²) in [6.07, 6.45) is 2.28. The molecule has 3 heteroatoms. The van der Waals surface area contributed by atoms with Crippen molar-refractivity contribution >= 4 is 13.7 Å². The monoisotopic (exact) mass is 161 g/mol. The highest BCUT2D eigenvalue weighted by atomic mass is 16.3. The van der Waals surface area contributed by atoms with Gasteiger partial charge < -0.3 is 9.92 Å². The van der Waals surface area contributed by atoms with Crippen molar-refractivity contribution in [1.29, 1.82) is 0 Å². The van der Waals surface area contributed by atoms with Crippen LogP contribution in [0.3, 0.4) is 0 Å². The Morgan fingerprint density at radius 1 is 1.42 bits per heavy atom. The number of nitrogens with zero attached hydrogens (tertiary/aromatic N) is 1. The number of rotatable bonds is 0. The van der Waals surface area contributed by atoms with E-state index in [4.69, 9.17) is 0 Å². The van der Waals surface area contributed by atoms with Crippen molar-refractivity contribution in [2.75, 3.05) is 11.4 Å². The lowest BCUT2D eigenvalue weighted by molar-refractivity contribution is 0.474. The van der Waals surface area contributed by atoms with E-state index in [0.29, 0.717) is 5.75 Å². The molecule has 62 valence electrons. The van der Waals surface area contributed by atoms with Crippen LogP contribution in [0.5, 0.6) is 5.75 Å². The Kier molecular flexibility index (Phi) is 1.72. The highest BCUT2D eigenvalue weighted by Crippen LogP contribution is 2.28. The lowest BCUT2D eigenvalue weighted by Crippen LogP contribution is -2.25. The van der Waals surface area contributed by atoms with E-state index in [1.54, 1.807) is 6.07 Å². The van der Waals surface area contributed by atoms with Crippen LogP contribution in [0.25, 0.3) is 0 Å². The molecule has 12 heavy (non-hydrogen) atoms. The summed E-state index contributed by atoms with van der Waals surface area (Å²) in [6.45, 7) is 1.12. The number of benzene rings is 1. The van der Waals surface area contributed by atoms with Crippen molar-refractivity contribution in [2.24, 2.45) is 0 Å². The van der Waals surface area contributed by atoms with Crippen molar-refractivity contribution in [3.8, 4) is 5.75 Å². The third-order valence-corrected chi connectivity index (χ3v) is 2.41. The van der Waals surface area contributed by atoms with Gasteiger partial charge in [-0.25, -0.2) is 0 Å². The largest absolute Gasteiger partial charge is 0.508 e. The van der Waals surface area contributed by atoms with E-state index in [9.17, 15) is 5.11 Å². The molecule has 0 aromatic heterocycles. The highest BCUT2D eigenvalue weighted by Gasteiger charge is 2.12. The molecule has 1 heterocycles. The molecule has 0 spiro atoms. The molecule has 1 aromatic rings. The first-order valence-corrected chi connectivity index (χ1v) is 4.30. The highest BCUT2D eigenvalue weighted by molar-refractivity contribution is 6.18. The molecule has 0 amide bonds. The van der Waals surface area contributed by atoms with E-state index >= 15 is 0 Å². The van der Waals surface area contributed by atoms with E-state index in [1.807, 2.05) is 12.1 Å². The molecule has 0 fully saturated rings. The van der Waals surface area contributed by atoms with Crippen molar-refractivity contribution in [3.05, 3.63) is 23.8 Å². The quantitative estimate of drug-likeness (QED) is 0.566. The summed E-state index contributed by atoms with van der Waals surface area (Å²) in [5, 5.41) is 9.26. The Balaban J connectivity index is 2.46. The Bertz CT molecular complexity index is 301. The van der Waals surface area contributed by atoms with E-state index in [1.165, 1.54) is 17.7 Å². The van der Waals surface area contributed by atoms with Crippen molar-refractivity contribution < 1.29 is 5.11 Å². The Morgan fingerprint density at radius 3 is 3.08 bits per heavy atom. The summed E-state index contributed by atoms with van der Waals surface area (Å²) in [4.78, 5) is 2.23. The maximum Gasteiger partial charge on any atom is 0.217 e. The fourth-order valence-electron chi connectivity index (χ4n) is 1.77. The van der Waals surface area contributed by atoms with Gasteiger partial charge in [0.25, 0.3) is 0 Å². The maximum absolute atomic E-state index is 9.26. The third-order valence-electron chi connectivity index (χ3n) is 2.41. The second-order valence-corrected chi connectivity index (χ2v) is 3.34. The minimum Gasteiger partial charge on any atom is -0.508 e. The van der Waals surface area contributed by atoms with Crippen LogP contribution in [0.1, 0.15) is 12.0 Å². The normalized spacial score (nSPS) is 15.8. The summed E-state index contributed by atoms with van der Waals surface area (Å²) in [6, 6.07) is 5.61. The fourth-order valence-corrected chi connectivity index (χ4v) is 1.77. The standard InChI is InChI=1S/C9H12BNO/c10-11-5-1-2-7-6-8(12)3-4-9(7)11/h3-4,6,12H,1-2,5,10H2. The van der Waals surface area contributed by atoms with Gasteiger partial charge in [0.05, 0.1) is 0 Å². The van der Waals surface area contributed by atoms with E-state index in [0.717, 1.165) is 13.0 Å². The average molecular weight is 161 g/mol. The van der Waals surface area contributed by atoms with Crippen LogP contribution in [-0.4, -0.2) is 19.6 Å². The summed E-state index contributed by atoms with van der Waals surface area (Å²) >= 11 is 0. The van der Waals surface area contributed by atoms with Crippen LogP contribution in [-0.2, 0) is 6.42 Å². The van der Waals surface area contributed by atoms with E-state index in [2.05, 4.69) is 12.8 Å². The second-order valence-electron chi connectivity index (χ2n) is 3.34. The van der Waals surface area contributed by atoms with Gasteiger partial charge in [0.2, 0.25) is 7.98 Å². The first kappa shape index (κ1) is 7.53. The molecule has 0 unspecified atom stereocenters. The first-order chi connectivity index (χ1) is 5.77. The maximum atomic E-state index is 9.26. The minimum atomic E-state index is 0.379. The summed E-state index contributed by atoms with van der Waals surface area (Å²) < 4.78 is 0. The molecule has 1 N–H and O–H groups in total. The van der Waals surface area contributed by atoms with Gasteiger partial charge in [-0.3, -0.25) is 0 Å². The van der Waals surface area contributed by atoms with Gasteiger partial charge in [-0.1, -0.05) is 0 Å². The van der Waals surface area contributed by atoms with Gasteiger partial charge in [0, 0.05) is 12.2 Å². The van der Waals surface area contributed by atoms with Crippen molar-refractivity contribution in [1.82, 2.24) is 0 Å². The third kappa shape index (κ3) is 1.15. The molecular weight excluding hydrogens is 149 g/mol. The zero-order valence-corrected chi connectivity index (χ0v) is 7.25. The molecule has 0 radical (unpaired) electrons. The Labute approximate surface area is 73.2 Å². The predicted octanol–water partition coefficient (Wildman–Crippen LogP) is 0.693. The summed E-state index contributed by atoms with van der Waals surface area (Å²) in [5.41, 5.74) is 2.53. The fraction of sp³-hybridized carbons (Fsp3) is 0.333. The lowest BCUT2D eigenvalue weighted by Gasteiger charge is -2.27. The van der Waals surface area contributed by atoms with Gasteiger partial charge in [-0.05, 0) is 36.6 Å². The second kappa shape index (κ2) is 2.74. The zero-order chi connectivity index (χ0) is 8.55. The van der Waals surface area contributed by atoms with Gasteiger partial charge in [-0.15, -0.1) is 0 Å². The number of hydrogen-bond acceptors (Lipinski definition) is 2. The molecular formula is C9H12BNO. The molecule has 1 aliphatic rings. The van der Waals surface area contributed by atoms with Crippen LogP contribution in [0.15, 0.2) is 18.2 Å². The van der Waals surface area contributed by atoms with Gasteiger partial charge in [0.1, 0.15) is 5.75 Å². The van der Waals surface area contributed by atoms with E-state index in [-0.39, 0.29) is 0 Å². The predicted molar refractivity (Wildman–Crippen MR) is 52.3 cm³/mol. The molecule has 2 nitrogen and oxygen atoms in total. The molecule has 0 saturated carbocycles. The topological polar surface area (TPSA) is 23.5 Å². The number of fused-ring (bicyclic) bond motifs is 1.